The van der Waals surface area contributed by atoms with Crippen LogP contribution in [0.2, 0.25) is 0 Å². The minimum absolute atomic E-state index is 0.0887. The molecule has 1 aliphatic heterocycles. The van der Waals surface area contributed by atoms with Crippen molar-refractivity contribution in [2.45, 2.75) is 71.7 Å². The third-order valence-corrected chi connectivity index (χ3v) is 9.53. The van der Waals surface area contributed by atoms with Crippen molar-refractivity contribution in [1.29, 1.82) is 0 Å². The minimum atomic E-state index is -5.03. The lowest BCUT2D eigenvalue weighted by molar-refractivity contribution is -0.142. The van der Waals surface area contributed by atoms with Crippen molar-refractivity contribution >= 4 is 40.3 Å². The lowest BCUT2D eigenvalue weighted by Gasteiger charge is -2.13. The van der Waals surface area contributed by atoms with Gasteiger partial charge in [0.1, 0.15) is 10.6 Å². The Morgan fingerprint density at radius 2 is 1.05 bits per heavy atom. The van der Waals surface area contributed by atoms with Crippen LogP contribution < -0.4 is 0 Å². The lowest BCUT2D eigenvalue weighted by atomic mass is 10.1. The van der Waals surface area contributed by atoms with Gasteiger partial charge in [0.2, 0.25) is 5.95 Å². The summed E-state index contributed by atoms with van der Waals surface area (Å²) >= 11 is 2.05. The van der Waals surface area contributed by atoms with E-state index in [1.807, 2.05) is 0 Å². The van der Waals surface area contributed by atoms with Gasteiger partial charge in [-0.1, -0.05) is 5.16 Å². The Hall–Kier alpha value is -2.55. The number of aryl methyl sites for hydroxylation is 3. The maximum Gasteiger partial charge on any atom is 0.435 e. The van der Waals surface area contributed by atoms with Crippen LogP contribution in [0, 0.1) is 5.95 Å². The maximum absolute atomic E-state index is 14.5. The SMILES string of the molecule is Cn1nc(C(F)(F)F)c(CSc2c(CSc3c(CSC4=NOC(C)(C)C4)c(C(F)(F)F)nn3C)c(C(F)(F)F)nn2C)c1F. The average Bonchev–Trinajstić information content (AvgIpc) is 3.58. The van der Waals surface area contributed by atoms with Crippen molar-refractivity contribution in [3.63, 3.8) is 0 Å². The molecule has 0 saturated carbocycles. The Morgan fingerprint density at radius 3 is 1.45 bits per heavy atom. The summed E-state index contributed by atoms with van der Waals surface area (Å²) < 4.78 is 140. The Kier molecular flexibility index (Phi) is 9.36. The fourth-order valence-electron chi connectivity index (χ4n) is 4.20. The van der Waals surface area contributed by atoms with E-state index in [1.165, 1.54) is 7.05 Å². The highest BCUT2D eigenvalue weighted by molar-refractivity contribution is 8.13. The molecule has 21 heteroatoms. The normalized spacial score (nSPS) is 15.7. The maximum atomic E-state index is 14.5. The van der Waals surface area contributed by atoms with Gasteiger partial charge < -0.3 is 4.84 Å². The van der Waals surface area contributed by atoms with E-state index in [2.05, 4.69) is 20.5 Å². The zero-order valence-corrected chi connectivity index (χ0v) is 25.8. The molecule has 0 unspecified atom stereocenters. The molecule has 244 valence electrons. The van der Waals surface area contributed by atoms with Crippen LogP contribution in [-0.4, -0.2) is 40.0 Å². The number of nitrogens with zero attached hydrogens (tertiary/aromatic N) is 7. The number of hydrogen-bond acceptors (Lipinski definition) is 8. The number of aromatic nitrogens is 6. The predicted molar refractivity (Wildman–Crippen MR) is 142 cm³/mol. The predicted octanol–water partition coefficient (Wildman–Crippen LogP) is 7.41. The lowest BCUT2D eigenvalue weighted by Crippen LogP contribution is -2.18. The quantitative estimate of drug-likeness (QED) is 0.179. The second kappa shape index (κ2) is 12.0. The van der Waals surface area contributed by atoms with Crippen LogP contribution in [0.5, 0.6) is 0 Å². The topological polar surface area (TPSA) is 75.1 Å². The summed E-state index contributed by atoms with van der Waals surface area (Å²) in [4.78, 5) is 5.24. The molecule has 1 aliphatic rings. The Balaban J connectivity index is 1.67. The molecule has 0 radical (unpaired) electrons. The van der Waals surface area contributed by atoms with Crippen molar-refractivity contribution < 1.29 is 48.7 Å². The largest absolute Gasteiger partial charge is 0.435 e. The molecule has 4 rings (SSSR count). The summed E-state index contributed by atoms with van der Waals surface area (Å²) in [6.07, 6.45) is -14.6. The molecule has 0 bridgehead atoms. The van der Waals surface area contributed by atoms with Crippen LogP contribution in [0.4, 0.5) is 43.9 Å². The van der Waals surface area contributed by atoms with Crippen molar-refractivity contribution in [2.75, 3.05) is 0 Å². The summed E-state index contributed by atoms with van der Waals surface area (Å²) in [7, 11) is 3.27. The molecule has 0 N–H and O–H groups in total. The van der Waals surface area contributed by atoms with Crippen molar-refractivity contribution in [3.8, 4) is 0 Å². The average molecular weight is 700 g/mol. The molecular weight excluding hydrogens is 676 g/mol. The first-order valence-corrected chi connectivity index (χ1v) is 15.2. The Bertz CT molecular complexity index is 1570. The molecule has 0 aromatic carbocycles. The van der Waals surface area contributed by atoms with E-state index in [1.54, 1.807) is 13.8 Å². The van der Waals surface area contributed by atoms with Gasteiger partial charge >= 0.3 is 18.5 Å². The summed E-state index contributed by atoms with van der Waals surface area (Å²) in [5.74, 6) is -2.94. The highest BCUT2D eigenvalue weighted by Crippen LogP contribution is 2.44. The summed E-state index contributed by atoms with van der Waals surface area (Å²) in [5, 5.41) is 14.1. The molecule has 44 heavy (non-hydrogen) atoms. The molecule has 3 aromatic rings. The first-order chi connectivity index (χ1) is 20.1. The monoisotopic (exact) mass is 699 g/mol. The first-order valence-electron chi connectivity index (χ1n) is 12.3. The van der Waals surface area contributed by atoms with Crippen LogP contribution in [0.1, 0.15) is 54.0 Å². The Labute approximate surface area is 255 Å². The van der Waals surface area contributed by atoms with E-state index in [4.69, 9.17) is 4.84 Å². The molecule has 0 spiro atoms. The molecule has 4 heterocycles. The number of halogens is 10. The van der Waals surface area contributed by atoms with Crippen molar-refractivity contribution in [2.24, 2.45) is 26.3 Å². The standard InChI is InChI=1S/C23H23F10N7OS3/c1-20(2)6-13(37-41-20)42-8-11-15(22(28,29)30)35-39(4)18(11)44-9-12-16(23(31,32)33)36-40(5)19(12)43-7-10-14(21(25,26)27)34-38(3)17(10)24/h6-9H2,1-5H3. The number of thioether (sulfide) groups is 3. The minimum Gasteiger partial charge on any atom is -0.389 e. The zero-order valence-electron chi connectivity index (χ0n) is 23.4. The number of rotatable bonds is 8. The van der Waals surface area contributed by atoms with Crippen molar-refractivity contribution in [1.82, 2.24) is 29.3 Å². The van der Waals surface area contributed by atoms with Crippen LogP contribution in [0.15, 0.2) is 15.2 Å². The first kappa shape index (κ1) is 34.3. The van der Waals surface area contributed by atoms with Gasteiger partial charge in [-0.15, -0.1) is 35.3 Å². The smallest absolute Gasteiger partial charge is 0.389 e. The highest BCUT2D eigenvalue weighted by Gasteiger charge is 2.42. The number of alkyl halides is 9. The third-order valence-electron chi connectivity index (χ3n) is 6.11. The van der Waals surface area contributed by atoms with Gasteiger partial charge in [0, 0.05) is 61.5 Å². The number of oxime groups is 1. The molecule has 0 amide bonds. The molecule has 0 aliphatic carbocycles. The summed E-state index contributed by atoms with van der Waals surface area (Å²) in [5.41, 5.74) is -6.46. The molecule has 0 saturated heterocycles. The molecular formula is C23H23F10N7OS3. The zero-order chi connectivity index (χ0) is 33.0. The summed E-state index contributed by atoms with van der Waals surface area (Å²) in [6, 6.07) is 0. The van der Waals surface area contributed by atoms with E-state index < -0.39 is 69.8 Å². The van der Waals surface area contributed by atoms with Crippen LogP contribution in [0.25, 0.3) is 0 Å². The highest BCUT2D eigenvalue weighted by atomic mass is 32.2. The van der Waals surface area contributed by atoms with Crippen molar-refractivity contribution in [3.05, 3.63) is 39.7 Å². The van der Waals surface area contributed by atoms with Gasteiger partial charge in [0.05, 0.1) is 10.1 Å². The van der Waals surface area contributed by atoms with E-state index >= 15 is 0 Å². The molecule has 8 nitrogen and oxygen atoms in total. The third kappa shape index (κ3) is 7.29. The van der Waals surface area contributed by atoms with Gasteiger partial charge in [0.25, 0.3) is 0 Å². The van der Waals surface area contributed by atoms with Gasteiger partial charge in [0.15, 0.2) is 17.1 Å². The molecule has 3 aromatic heterocycles. The fourth-order valence-corrected chi connectivity index (χ4v) is 7.74. The van der Waals surface area contributed by atoms with Crippen LogP contribution in [0.3, 0.4) is 0 Å². The van der Waals surface area contributed by atoms with Crippen LogP contribution >= 0.6 is 35.3 Å². The van der Waals surface area contributed by atoms with E-state index in [-0.39, 0.29) is 21.4 Å². The van der Waals surface area contributed by atoms with Gasteiger partial charge in [-0.05, 0) is 13.8 Å². The fraction of sp³-hybridized carbons (Fsp3) is 0.565. The van der Waals surface area contributed by atoms with Gasteiger partial charge in [-0.2, -0.15) is 59.2 Å². The van der Waals surface area contributed by atoms with Gasteiger partial charge in [-0.25, -0.2) is 4.68 Å². The van der Waals surface area contributed by atoms with E-state index in [0.29, 0.717) is 39.7 Å². The van der Waals surface area contributed by atoms with E-state index in [9.17, 15) is 43.9 Å². The second-order valence-corrected chi connectivity index (χ2v) is 13.1. The second-order valence-electron chi connectivity index (χ2n) is 10.1. The Morgan fingerprint density at radius 1 is 0.659 bits per heavy atom. The summed E-state index contributed by atoms with van der Waals surface area (Å²) in [6.45, 7) is 3.48. The van der Waals surface area contributed by atoms with Crippen LogP contribution in [-0.2, 0) is 61.8 Å². The molecule has 0 atom stereocenters. The van der Waals surface area contributed by atoms with Gasteiger partial charge in [-0.3, -0.25) is 9.36 Å². The van der Waals surface area contributed by atoms with E-state index in [0.717, 1.165) is 35.2 Å². The number of hydrogen-bond donors (Lipinski definition) is 0. The molecule has 0 fully saturated rings.